The first kappa shape index (κ1) is 14.8. The summed E-state index contributed by atoms with van der Waals surface area (Å²) in [5, 5.41) is 0. The van der Waals surface area contributed by atoms with Gasteiger partial charge in [0.2, 0.25) is 0 Å². The van der Waals surface area contributed by atoms with Crippen molar-refractivity contribution in [2.24, 2.45) is 4.99 Å². The highest BCUT2D eigenvalue weighted by atomic mass is 14.7. The first-order chi connectivity index (χ1) is 11.3. The van der Waals surface area contributed by atoms with E-state index < -0.39 is 0 Å². The third-order valence-corrected chi connectivity index (χ3v) is 3.42. The van der Waals surface area contributed by atoms with Crippen LogP contribution in [0.1, 0.15) is 16.7 Å². The zero-order valence-corrected chi connectivity index (χ0v) is 13.0. The number of hydrogen-bond donors (Lipinski definition) is 0. The number of aliphatic imine (C=N–C) groups is 1. The van der Waals surface area contributed by atoms with Gasteiger partial charge in [0.15, 0.2) is 0 Å². The minimum absolute atomic E-state index is 0.778. The van der Waals surface area contributed by atoms with Crippen LogP contribution < -0.4 is 0 Å². The van der Waals surface area contributed by atoms with Crippen LogP contribution in [0.2, 0.25) is 0 Å². The van der Waals surface area contributed by atoms with E-state index in [0.29, 0.717) is 0 Å². The molecule has 0 amide bonds. The van der Waals surface area contributed by atoms with Gasteiger partial charge >= 0.3 is 0 Å². The lowest BCUT2D eigenvalue weighted by atomic mass is 10.1. The molecule has 0 atom stereocenters. The third-order valence-electron chi connectivity index (χ3n) is 3.42. The van der Waals surface area contributed by atoms with Crippen LogP contribution in [0.5, 0.6) is 0 Å². The Balaban J connectivity index is 2.02. The Labute approximate surface area is 137 Å². The molecule has 3 aromatic rings. The molecule has 110 valence electrons. The Morgan fingerprint density at radius 1 is 0.739 bits per heavy atom. The topological polar surface area (TPSA) is 12.4 Å². The van der Waals surface area contributed by atoms with Crippen LogP contribution in [0, 0.1) is 18.8 Å². The molecule has 0 spiro atoms. The van der Waals surface area contributed by atoms with E-state index in [4.69, 9.17) is 4.99 Å². The molecule has 0 saturated carbocycles. The summed E-state index contributed by atoms with van der Waals surface area (Å²) in [7, 11) is 0. The predicted octanol–water partition coefficient (Wildman–Crippen LogP) is 5.17. The second kappa shape index (κ2) is 7.24. The molecule has 0 aliphatic rings. The molecule has 1 nitrogen and oxygen atoms in total. The molecule has 0 aliphatic heterocycles. The van der Waals surface area contributed by atoms with Crippen molar-refractivity contribution in [1.29, 1.82) is 0 Å². The smallest absolute Gasteiger partial charge is 0.121 e. The van der Waals surface area contributed by atoms with Crippen molar-refractivity contribution >= 4 is 11.4 Å². The van der Waals surface area contributed by atoms with Crippen molar-refractivity contribution in [2.75, 3.05) is 0 Å². The molecule has 0 radical (unpaired) electrons. The molecule has 0 unspecified atom stereocenters. The molecule has 3 aromatic carbocycles. The lowest BCUT2D eigenvalue weighted by molar-refractivity contribution is 1.45. The van der Waals surface area contributed by atoms with Crippen LogP contribution in [0.4, 0.5) is 5.69 Å². The van der Waals surface area contributed by atoms with Gasteiger partial charge in [0.05, 0.1) is 5.69 Å². The zero-order chi connectivity index (χ0) is 15.9. The maximum atomic E-state index is 4.72. The van der Waals surface area contributed by atoms with Gasteiger partial charge in [-0.3, -0.25) is 0 Å². The second-order valence-electron chi connectivity index (χ2n) is 5.28. The summed E-state index contributed by atoms with van der Waals surface area (Å²) in [6.45, 7) is 2.08. The van der Waals surface area contributed by atoms with Crippen molar-refractivity contribution in [3.8, 4) is 11.8 Å². The highest BCUT2D eigenvalue weighted by molar-refractivity contribution is 6.14. The summed E-state index contributed by atoms with van der Waals surface area (Å²) >= 11 is 0. The number of benzene rings is 3. The summed E-state index contributed by atoms with van der Waals surface area (Å²) in [5.74, 6) is 6.42. The van der Waals surface area contributed by atoms with Crippen LogP contribution in [0.15, 0.2) is 89.9 Å². The summed E-state index contributed by atoms with van der Waals surface area (Å²) in [6.07, 6.45) is 0. The van der Waals surface area contributed by atoms with Gasteiger partial charge in [-0.25, -0.2) is 4.99 Å². The molecule has 23 heavy (non-hydrogen) atoms. The third kappa shape index (κ3) is 4.18. The number of rotatable bonds is 2. The van der Waals surface area contributed by atoms with Crippen molar-refractivity contribution in [3.05, 3.63) is 102 Å². The lowest BCUT2D eigenvalue weighted by Gasteiger charge is -2.01. The second-order valence-corrected chi connectivity index (χ2v) is 5.28. The van der Waals surface area contributed by atoms with E-state index in [1.165, 1.54) is 5.56 Å². The van der Waals surface area contributed by atoms with E-state index in [0.717, 1.165) is 22.5 Å². The van der Waals surface area contributed by atoms with E-state index >= 15 is 0 Å². The van der Waals surface area contributed by atoms with Gasteiger partial charge in [-0.05, 0) is 37.1 Å². The Bertz CT molecular complexity index is 849. The number of para-hydroxylation sites is 1. The Kier molecular flexibility index (Phi) is 4.66. The van der Waals surface area contributed by atoms with E-state index in [9.17, 15) is 0 Å². The summed E-state index contributed by atoms with van der Waals surface area (Å²) in [5.41, 5.74) is 4.93. The number of hydrogen-bond acceptors (Lipinski definition) is 1. The van der Waals surface area contributed by atoms with E-state index in [2.05, 4.69) is 43.0 Å². The summed E-state index contributed by atoms with van der Waals surface area (Å²) < 4.78 is 0. The highest BCUT2D eigenvalue weighted by Gasteiger charge is 2.01. The molecular formula is C22H17N. The molecule has 0 aliphatic carbocycles. The number of aryl methyl sites for hydroxylation is 1. The summed E-state index contributed by atoms with van der Waals surface area (Å²) in [4.78, 5) is 4.72. The molecule has 1 heteroatoms. The first-order valence-corrected chi connectivity index (χ1v) is 7.59. The van der Waals surface area contributed by atoms with Crippen molar-refractivity contribution < 1.29 is 0 Å². The zero-order valence-electron chi connectivity index (χ0n) is 13.0. The van der Waals surface area contributed by atoms with E-state index in [1.807, 2.05) is 60.7 Å². The molecule has 0 aromatic heterocycles. The van der Waals surface area contributed by atoms with Crippen LogP contribution in [-0.4, -0.2) is 5.71 Å². The van der Waals surface area contributed by atoms with Crippen LogP contribution >= 0.6 is 0 Å². The minimum atomic E-state index is 0.778. The highest BCUT2D eigenvalue weighted by Crippen LogP contribution is 2.14. The Hall–Kier alpha value is -3.11. The molecule has 0 N–H and O–H groups in total. The standard InChI is InChI=1S/C22H17N/c1-18-12-15-20(16-13-18)22(23-21-10-6-3-7-11-21)17-14-19-8-4-2-5-9-19/h2-13,15-16H,1H3. The van der Waals surface area contributed by atoms with Gasteiger partial charge in [-0.1, -0.05) is 72.1 Å². The monoisotopic (exact) mass is 295 g/mol. The minimum Gasteiger partial charge on any atom is -0.239 e. The fourth-order valence-electron chi connectivity index (χ4n) is 2.16. The van der Waals surface area contributed by atoms with Gasteiger partial charge in [-0.15, -0.1) is 0 Å². The Morgan fingerprint density at radius 2 is 1.35 bits per heavy atom. The van der Waals surface area contributed by atoms with Gasteiger partial charge in [-0.2, -0.15) is 0 Å². The van der Waals surface area contributed by atoms with Gasteiger partial charge in [0.25, 0.3) is 0 Å². The van der Waals surface area contributed by atoms with E-state index in [1.54, 1.807) is 0 Å². The van der Waals surface area contributed by atoms with Crippen molar-refractivity contribution in [1.82, 2.24) is 0 Å². The van der Waals surface area contributed by atoms with Crippen molar-refractivity contribution in [3.63, 3.8) is 0 Å². The fraction of sp³-hybridized carbons (Fsp3) is 0.0455. The van der Waals surface area contributed by atoms with Gasteiger partial charge in [0.1, 0.15) is 5.71 Å². The van der Waals surface area contributed by atoms with E-state index in [-0.39, 0.29) is 0 Å². The Morgan fingerprint density at radius 3 is 2.00 bits per heavy atom. The SMILES string of the molecule is Cc1ccc(C(C#Cc2ccccc2)=Nc2ccccc2)cc1. The average molecular weight is 295 g/mol. The normalized spacial score (nSPS) is 10.7. The molecular weight excluding hydrogens is 278 g/mol. The van der Waals surface area contributed by atoms with Crippen LogP contribution in [0.3, 0.4) is 0 Å². The summed E-state index contributed by atoms with van der Waals surface area (Å²) in [6, 6.07) is 28.2. The van der Waals surface area contributed by atoms with Crippen LogP contribution in [-0.2, 0) is 0 Å². The van der Waals surface area contributed by atoms with Crippen molar-refractivity contribution in [2.45, 2.75) is 6.92 Å². The average Bonchev–Trinajstić information content (AvgIpc) is 2.61. The lowest BCUT2D eigenvalue weighted by Crippen LogP contribution is -1.97. The molecule has 0 fully saturated rings. The van der Waals surface area contributed by atoms with Gasteiger partial charge in [0, 0.05) is 11.1 Å². The van der Waals surface area contributed by atoms with Gasteiger partial charge < -0.3 is 0 Å². The predicted molar refractivity (Wildman–Crippen MR) is 97.1 cm³/mol. The largest absolute Gasteiger partial charge is 0.239 e. The maximum Gasteiger partial charge on any atom is 0.121 e. The quantitative estimate of drug-likeness (QED) is 0.457. The van der Waals surface area contributed by atoms with Crippen LogP contribution in [0.25, 0.3) is 0 Å². The molecule has 0 bridgehead atoms. The molecule has 3 rings (SSSR count). The molecule has 0 saturated heterocycles. The first-order valence-electron chi connectivity index (χ1n) is 7.59. The number of nitrogens with zero attached hydrogens (tertiary/aromatic N) is 1. The molecule has 0 heterocycles. The maximum absolute atomic E-state index is 4.72. The fourth-order valence-corrected chi connectivity index (χ4v) is 2.16.